The molecule has 2 unspecified atom stereocenters. The van der Waals surface area contributed by atoms with Gasteiger partial charge in [-0.2, -0.15) is 0 Å². The molecule has 1 aliphatic heterocycles. The van der Waals surface area contributed by atoms with Crippen LogP contribution in [0.2, 0.25) is 0 Å². The molecule has 0 aromatic heterocycles. The van der Waals surface area contributed by atoms with Gasteiger partial charge in [-0.3, -0.25) is 4.90 Å². The Balaban J connectivity index is 1.92. The summed E-state index contributed by atoms with van der Waals surface area (Å²) in [5, 5.41) is 0. The van der Waals surface area contributed by atoms with E-state index >= 15 is 0 Å². The van der Waals surface area contributed by atoms with Crippen LogP contribution in [0.4, 0.5) is 0 Å². The third kappa shape index (κ3) is 1.10. The highest BCUT2D eigenvalue weighted by atomic mass is 15.2. The van der Waals surface area contributed by atoms with Gasteiger partial charge in [-0.25, -0.2) is 0 Å². The number of hydrogen-bond donors (Lipinski definition) is 1. The SMILES string of the molecule is CC1(C)C2CCC1(C)[C@H](N)[C@@H]2N1CCCC1. The van der Waals surface area contributed by atoms with Crippen molar-refractivity contribution in [2.24, 2.45) is 22.5 Å². The van der Waals surface area contributed by atoms with E-state index in [1.807, 2.05) is 0 Å². The van der Waals surface area contributed by atoms with Gasteiger partial charge in [0.15, 0.2) is 0 Å². The first-order valence-corrected chi connectivity index (χ1v) is 6.98. The largest absolute Gasteiger partial charge is 0.326 e. The first-order chi connectivity index (χ1) is 7.48. The molecule has 2 nitrogen and oxygen atoms in total. The van der Waals surface area contributed by atoms with Crippen LogP contribution >= 0.6 is 0 Å². The van der Waals surface area contributed by atoms with Crippen molar-refractivity contribution >= 4 is 0 Å². The first kappa shape index (κ1) is 11.0. The van der Waals surface area contributed by atoms with Gasteiger partial charge in [-0.15, -0.1) is 0 Å². The van der Waals surface area contributed by atoms with E-state index in [-0.39, 0.29) is 0 Å². The third-order valence-corrected chi connectivity index (χ3v) is 6.45. The zero-order valence-corrected chi connectivity index (χ0v) is 11.0. The summed E-state index contributed by atoms with van der Waals surface area (Å²) in [5.74, 6) is 0.839. The van der Waals surface area contributed by atoms with Crippen molar-refractivity contribution in [1.82, 2.24) is 4.90 Å². The molecular weight excluding hydrogens is 196 g/mol. The van der Waals surface area contributed by atoms with Gasteiger partial charge >= 0.3 is 0 Å². The van der Waals surface area contributed by atoms with Crippen LogP contribution in [0.15, 0.2) is 0 Å². The van der Waals surface area contributed by atoms with Crippen LogP contribution in [0.3, 0.4) is 0 Å². The molecule has 2 heteroatoms. The fourth-order valence-electron chi connectivity index (χ4n) is 4.90. The quantitative estimate of drug-likeness (QED) is 0.737. The fraction of sp³-hybridized carbons (Fsp3) is 1.00. The number of hydrogen-bond acceptors (Lipinski definition) is 2. The summed E-state index contributed by atoms with van der Waals surface area (Å²) in [7, 11) is 0. The van der Waals surface area contributed by atoms with Crippen molar-refractivity contribution in [2.75, 3.05) is 13.1 Å². The van der Waals surface area contributed by atoms with Crippen LogP contribution in [0.5, 0.6) is 0 Å². The van der Waals surface area contributed by atoms with E-state index < -0.39 is 0 Å². The molecule has 2 N–H and O–H groups in total. The number of fused-ring (bicyclic) bond motifs is 2. The number of nitrogens with two attached hydrogens (primary N) is 1. The lowest BCUT2D eigenvalue weighted by Gasteiger charge is -2.40. The summed E-state index contributed by atoms with van der Waals surface area (Å²) in [6.45, 7) is 9.94. The van der Waals surface area contributed by atoms with Crippen LogP contribution in [0, 0.1) is 16.7 Å². The summed E-state index contributed by atoms with van der Waals surface area (Å²) in [5.41, 5.74) is 7.44. The summed E-state index contributed by atoms with van der Waals surface area (Å²) in [4.78, 5) is 2.70. The highest BCUT2D eigenvalue weighted by molar-refractivity contribution is 5.19. The Morgan fingerprint density at radius 1 is 1.12 bits per heavy atom. The van der Waals surface area contributed by atoms with Gasteiger partial charge in [-0.05, 0) is 55.5 Å². The molecule has 2 aliphatic carbocycles. The minimum absolute atomic E-state index is 0.380. The first-order valence-electron chi connectivity index (χ1n) is 6.98. The molecular formula is C14H26N2. The second-order valence-corrected chi connectivity index (χ2v) is 7.04. The monoisotopic (exact) mass is 222 g/mol. The summed E-state index contributed by atoms with van der Waals surface area (Å²) in [6.07, 6.45) is 5.51. The molecule has 1 saturated heterocycles. The maximum Gasteiger partial charge on any atom is 0.0286 e. The average molecular weight is 222 g/mol. The van der Waals surface area contributed by atoms with Gasteiger partial charge in [0.2, 0.25) is 0 Å². The molecule has 2 saturated carbocycles. The normalized spacial score (nSPS) is 51.4. The van der Waals surface area contributed by atoms with E-state index in [1.54, 1.807) is 0 Å². The smallest absolute Gasteiger partial charge is 0.0286 e. The second kappa shape index (κ2) is 3.23. The molecule has 3 fully saturated rings. The van der Waals surface area contributed by atoms with E-state index in [1.165, 1.54) is 38.8 Å². The lowest BCUT2D eigenvalue weighted by Crippen LogP contribution is -2.53. The molecule has 3 rings (SSSR count). The maximum absolute atomic E-state index is 6.61. The average Bonchev–Trinajstić information content (AvgIpc) is 2.83. The van der Waals surface area contributed by atoms with E-state index in [4.69, 9.17) is 5.73 Å². The van der Waals surface area contributed by atoms with E-state index in [2.05, 4.69) is 25.7 Å². The number of likely N-dealkylation sites (tertiary alicyclic amines) is 1. The van der Waals surface area contributed by atoms with Crippen molar-refractivity contribution in [3.8, 4) is 0 Å². The molecule has 0 aromatic rings. The van der Waals surface area contributed by atoms with Crippen LogP contribution in [0.1, 0.15) is 46.5 Å². The van der Waals surface area contributed by atoms with Gasteiger partial charge in [0.25, 0.3) is 0 Å². The van der Waals surface area contributed by atoms with Crippen molar-refractivity contribution in [3.05, 3.63) is 0 Å². The zero-order chi connectivity index (χ0) is 11.6. The Kier molecular flexibility index (Phi) is 2.23. The molecule has 1 heterocycles. The molecule has 2 bridgehead atoms. The standard InChI is InChI=1S/C14H26N2/c1-13(2)10-6-7-14(13,3)12(15)11(10)16-8-4-5-9-16/h10-12H,4-9,15H2,1-3H3/t10?,11-,12-,14?/m1/s1. The minimum Gasteiger partial charge on any atom is -0.326 e. The molecule has 0 amide bonds. The number of rotatable bonds is 1. The molecule has 0 radical (unpaired) electrons. The summed E-state index contributed by atoms with van der Waals surface area (Å²) >= 11 is 0. The Morgan fingerprint density at radius 2 is 1.75 bits per heavy atom. The highest BCUT2D eigenvalue weighted by Crippen LogP contribution is 2.65. The molecule has 3 aliphatic rings. The molecule has 16 heavy (non-hydrogen) atoms. The second-order valence-electron chi connectivity index (χ2n) is 7.04. The van der Waals surface area contributed by atoms with Crippen LogP contribution < -0.4 is 5.73 Å². The summed E-state index contributed by atoms with van der Waals surface area (Å²) in [6, 6.07) is 1.08. The van der Waals surface area contributed by atoms with E-state index in [0.29, 0.717) is 22.9 Å². The Morgan fingerprint density at radius 3 is 2.25 bits per heavy atom. The topological polar surface area (TPSA) is 29.3 Å². The number of nitrogens with zero attached hydrogens (tertiary/aromatic N) is 1. The predicted octanol–water partition coefficient (Wildman–Crippen LogP) is 2.23. The van der Waals surface area contributed by atoms with Gasteiger partial charge in [0, 0.05) is 12.1 Å². The zero-order valence-electron chi connectivity index (χ0n) is 11.0. The molecule has 0 aromatic carbocycles. The van der Waals surface area contributed by atoms with Crippen molar-refractivity contribution < 1.29 is 0 Å². The van der Waals surface area contributed by atoms with Gasteiger partial charge in [0.05, 0.1) is 0 Å². The van der Waals surface area contributed by atoms with Crippen molar-refractivity contribution in [1.29, 1.82) is 0 Å². The Bertz CT molecular complexity index is 293. The Hall–Kier alpha value is -0.0800. The van der Waals surface area contributed by atoms with E-state index in [0.717, 1.165) is 5.92 Å². The van der Waals surface area contributed by atoms with Gasteiger partial charge in [-0.1, -0.05) is 20.8 Å². The van der Waals surface area contributed by atoms with Gasteiger partial charge < -0.3 is 5.73 Å². The lowest BCUT2D eigenvalue weighted by molar-refractivity contribution is 0.126. The predicted molar refractivity (Wildman–Crippen MR) is 67.2 cm³/mol. The molecule has 0 spiro atoms. The third-order valence-electron chi connectivity index (χ3n) is 6.45. The minimum atomic E-state index is 0.380. The maximum atomic E-state index is 6.61. The Labute approximate surface area is 99.6 Å². The molecule has 4 atom stereocenters. The van der Waals surface area contributed by atoms with Gasteiger partial charge in [0.1, 0.15) is 0 Å². The summed E-state index contributed by atoms with van der Waals surface area (Å²) < 4.78 is 0. The van der Waals surface area contributed by atoms with Crippen molar-refractivity contribution in [2.45, 2.75) is 58.5 Å². The lowest BCUT2D eigenvalue weighted by atomic mass is 9.69. The molecule has 92 valence electrons. The van der Waals surface area contributed by atoms with Crippen molar-refractivity contribution in [3.63, 3.8) is 0 Å². The fourth-order valence-corrected chi connectivity index (χ4v) is 4.90. The van der Waals surface area contributed by atoms with Crippen LogP contribution in [-0.2, 0) is 0 Å². The van der Waals surface area contributed by atoms with Crippen LogP contribution in [0.25, 0.3) is 0 Å². The van der Waals surface area contributed by atoms with Crippen LogP contribution in [-0.4, -0.2) is 30.1 Å². The highest BCUT2D eigenvalue weighted by Gasteiger charge is 2.66. The van der Waals surface area contributed by atoms with E-state index in [9.17, 15) is 0 Å².